The Morgan fingerprint density at radius 1 is 1.20 bits per heavy atom. The number of piperidine rings is 1. The minimum Gasteiger partial charge on any atom is -0.352 e. The van der Waals surface area contributed by atoms with Crippen molar-refractivity contribution in [1.29, 1.82) is 0 Å². The highest BCUT2D eigenvalue weighted by Gasteiger charge is 2.36. The summed E-state index contributed by atoms with van der Waals surface area (Å²) >= 11 is 0. The number of carbonyl (C=O) groups is 2. The first kappa shape index (κ1) is 17.7. The van der Waals surface area contributed by atoms with Crippen LogP contribution in [0.4, 0.5) is 0 Å². The van der Waals surface area contributed by atoms with E-state index in [1.165, 1.54) is 9.25 Å². The lowest BCUT2D eigenvalue weighted by molar-refractivity contribution is -0.133. The summed E-state index contributed by atoms with van der Waals surface area (Å²) in [6, 6.07) is 0.0275. The molecular weight excluding hydrogens is 322 g/mol. The predicted octanol–water partition coefficient (Wildman–Crippen LogP) is 0.222. The van der Waals surface area contributed by atoms with E-state index in [0.717, 1.165) is 38.8 Å². The average molecular weight is 349 g/mol. The molecule has 2 fully saturated rings. The lowest BCUT2D eigenvalue weighted by atomic mass is 9.95. The zero-order valence-electron chi connectivity index (χ0n) is 15.2. The number of rotatable bonds is 5. The van der Waals surface area contributed by atoms with Gasteiger partial charge in [0.15, 0.2) is 0 Å². The Labute approximate surface area is 147 Å². The van der Waals surface area contributed by atoms with Crippen LogP contribution in [0.25, 0.3) is 0 Å². The number of amides is 2. The summed E-state index contributed by atoms with van der Waals surface area (Å²) in [4.78, 5) is 38.3. The molecular formula is C17H27N5O3. The van der Waals surface area contributed by atoms with E-state index in [0.29, 0.717) is 5.82 Å². The van der Waals surface area contributed by atoms with Crippen LogP contribution in [0.3, 0.4) is 0 Å². The molecule has 3 rings (SSSR count). The monoisotopic (exact) mass is 349 g/mol. The molecule has 2 aliphatic rings. The van der Waals surface area contributed by atoms with E-state index in [9.17, 15) is 14.4 Å². The third-order valence-corrected chi connectivity index (χ3v) is 4.92. The van der Waals surface area contributed by atoms with Gasteiger partial charge in [0, 0.05) is 38.0 Å². The van der Waals surface area contributed by atoms with Gasteiger partial charge in [-0.25, -0.2) is 9.48 Å². The van der Waals surface area contributed by atoms with E-state index in [4.69, 9.17) is 0 Å². The second-order valence-electron chi connectivity index (χ2n) is 7.45. The summed E-state index contributed by atoms with van der Waals surface area (Å²) in [7, 11) is 1.70. The molecule has 0 aromatic carbocycles. The highest BCUT2D eigenvalue weighted by atomic mass is 16.2. The Morgan fingerprint density at radius 3 is 2.40 bits per heavy atom. The third kappa shape index (κ3) is 3.93. The quantitative estimate of drug-likeness (QED) is 0.824. The Balaban J connectivity index is 1.65. The molecule has 0 bridgehead atoms. The fraction of sp³-hybridized carbons (Fsp3) is 0.765. The highest BCUT2D eigenvalue weighted by Crippen LogP contribution is 2.33. The minimum atomic E-state index is -0.273. The largest absolute Gasteiger partial charge is 0.352 e. The van der Waals surface area contributed by atoms with Crippen molar-refractivity contribution in [3.63, 3.8) is 0 Å². The van der Waals surface area contributed by atoms with Gasteiger partial charge in [0.25, 0.3) is 0 Å². The summed E-state index contributed by atoms with van der Waals surface area (Å²) in [5, 5.41) is 7.17. The SMILES string of the molecule is CC(C)NC(=O)Cn1nc(C2CCN(C(=O)C3CC3)CC2)n(C)c1=O. The molecule has 0 radical (unpaired) electrons. The predicted molar refractivity (Wildman–Crippen MR) is 92.0 cm³/mol. The first-order valence-electron chi connectivity index (χ1n) is 9.08. The normalized spacial score (nSPS) is 18.6. The van der Waals surface area contributed by atoms with Crippen LogP contribution in [-0.2, 0) is 23.2 Å². The summed E-state index contributed by atoms with van der Waals surface area (Å²) in [5.74, 6) is 1.17. The Hall–Kier alpha value is -2.12. The maximum atomic E-state index is 12.3. The van der Waals surface area contributed by atoms with Crippen LogP contribution in [0.2, 0.25) is 0 Å². The Kier molecular flexibility index (Phi) is 4.96. The average Bonchev–Trinajstić information content (AvgIpc) is 3.37. The molecule has 0 unspecified atom stereocenters. The van der Waals surface area contributed by atoms with Crippen LogP contribution < -0.4 is 11.0 Å². The van der Waals surface area contributed by atoms with Crippen molar-refractivity contribution in [3.05, 3.63) is 16.3 Å². The van der Waals surface area contributed by atoms with Gasteiger partial charge in [0.05, 0.1) is 0 Å². The van der Waals surface area contributed by atoms with Crippen molar-refractivity contribution in [3.8, 4) is 0 Å². The number of nitrogens with one attached hydrogen (secondary N) is 1. The van der Waals surface area contributed by atoms with Crippen LogP contribution in [-0.4, -0.2) is 50.2 Å². The molecule has 138 valence electrons. The van der Waals surface area contributed by atoms with Gasteiger partial charge in [-0.2, -0.15) is 5.10 Å². The van der Waals surface area contributed by atoms with Gasteiger partial charge in [-0.05, 0) is 39.5 Å². The number of likely N-dealkylation sites (tertiary alicyclic amines) is 1. The smallest absolute Gasteiger partial charge is 0.346 e. The van der Waals surface area contributed by atoms with E-state index in [-0.39, 0.29) is 41.9 Å². The van der Waals surface area contributed by atoms with Crippen molar-refractivity contribution < 1.29 is 9.59 Å². The number of carbonyl (C=O) groups excluding carboxylic acids is 2. The highest BCUT2D eigenvalue weighted by molar-refractivity contribution is 5.81. The topological polar surface area (TPSA) is 89.2 Å². The van der Waals surface area contributed by atoms with Gasteiger partial charge < -0.3 is 10.2 Å². The van der Waals surface area contributed by atoms with Crippen LogP contribution in [0, 0.1) is 5.92 Å². The molecule has 8 nitrogen and oxygen atoms in total. The fourth-order valence-corrected chi connectivity index (χ4v) is 3.41. The number of hydrogen-bond acceptors (Lipinski definition) is 4. The van der Waals surface area contributed by atoms with Crippen molar-refractivity contribution in [2.24, 2.45) is 13.0 Å². The van der Waals surface area contributed by atoms with Gasteiger partial charge in [-0.15, -0.1) is 0 Å². The summed E-state index contributed by atoms with van der Waals surface area (Å²) < 4.78 is 2.76. The van der Waals surface area contributed by atoms with E-state index in [2.05, 4.69) is 10.4 Å². The van der Waals surface area contributed by atoms with Crippen molar-refractivity contribution in [2.45, 2.75) is 58.0 Å². The fourth-order valence-electron chi connectivity index (χ4n) is 3.41. The first-order chi connectivity index (χ1) is 11.9. The molecule has 0 spiro atoms. The van der Waals surface area contributed by atoms with E-state index in [1.807, 2.05) is 18.7 Å². The molecule has 0 atom stereocenters. The zero-order chi connectivity index (χ0) is 18.1. The zero-order valence-corrected chi connectivity index (χ0v) is 15.2. The van der Waals surface area contributed by atoms with Gasteiger partial charge >= 0.3 is 5.69 Å². The van der Waals surface area contributed by atoms with Gasteiger partial charge in [-0.3, -0.25) is 14.2 Å². The molecule has 1 N–H and O–H groups in total. The van der Waals surface area contributed by atoms with E-state index in [1.54, 1.807) is 7.05 Å². The summed E-state index contributed by atoms with van der Waals surface area (Å²) in [6.07, 6.45) is 3.66. The number of aromatic nitrogens is 3. The number of hydrogen-bond donors (Lipinski definition) is 1. The van der Waals surface area contributed by atoms with Crippen LogP contribution in [0.15, 0.2) is 4.79 Å². The molecule has 2 amide bonds. The van der Waals surface area contributed by atoms with Crippen molar-refractivity contribution in [2.75, 3.05) is 13.1 Å². The molecule has 25 heavy (non-hydrogen) atoms. The molecule has 1 aromatic rings. The van der Waals surface area contributed by atoms with Crippen molar-refractivity contribution in [1.82, 2.24) is 24.6 Å². The van der Waals surface area contributed by atoms with Crippen LogP contribution in [0.5, 0.6) is 0 Å². The van der Waals surface area contributed by atoms with E-state index >= 15 is 0 Å². The maximum Gasteiger partial charge on any atom is 0.346 e. The van der Waals surface area contributed by atoms with E-state index < -0.39 is 0 Å². The molecule has 8 heteroatoms. The molecule has 1 saturated carbocycles. The van der Waals surface area contributed by atoms with Gasteiger partial charge in [0.1, 0.15) is 12.4 Å². The second kappa shape index (κ2) is 7.01. The lowest BCUT2D eigenvalue weighted by Gasteiger charge is -2.31. The Morgan fingerprint density at radius 2 is 1.84 bits per heavy atom. The van der Waals surface area contributed by atoms with Crippen LogP contribution in [0.1, 0.15) is 51.3 Å². The second-order valence-corrected chi connectivity index (χ2v) is 7.45. The minimum absolute atomic E-state index is 0.0275. The van der Waals surface area contributed by atoms with Crippen molar-refractivity contribution >= 4 is 11.8 Å². The molecule has 1 aromatic heterocycles. The molecule has 1 saturated heterocycles. The molecule has 1 aliphatic carbocycles. The summed E-state index contributed by atoms with van der Waals surface area (Å²) in [5.41, 5.74) is -0.273. The first-order valence-corrected chi connectivity index (χ1v) is 9.08. The van der Waals surface area contributed by atoms with Crippen LogP contribution >= 0.6 is 0 Å². The van der Waals surface area contributed by atoms with Gasteiger partial charge in [-0.1, -0.05) is 0 Å². The standard InChI is InChI=1S/C17H27N5O3/c1-11(2)18-14(23)10-22-17(25)20(3)15(19-22)12-6-8-21(9-7-12)16(24)13-4-5-13/h11-13H,4-10H2,1-3H3,(H,18,23). The summed E-state index contributed by atoms with van der Waals surface area (Å²) in [6.45, 7) is 5.12. The maximum absolute atomic E-state index is 12.3. The Bertz CT molecular complexity index is 708. The lowest BCUT2D eigenvalue weighted by Crippen LogP contribution is -2.39. The molecule has 2 heterocycles. The molecule has 1 aliphatic heterocycles. The number of nitrogens with zero attached hydrogens (tertiary/aromatic N) is 4. The van der Waals surface area contributed by atoms with Gasteiger partial charge in [0.2, 0.25) is 11.8 Å². The third-order valence-electron chi connectivity index (χ3n) is 4.92.